The lowest BCUT2D eigenvalue weighted by Crippen LogP contribution is -2.16. The molecule has 46 valence electrons. The van der Waals surface area contributed by atoms with Crippen LogP contribution in [0.15, 0.2) is 0 Å². The fourth-order valence-corrected chi connectivity index (χ4v) is 0.277. The van der Waals surface area contributed by atoms with Gasteiger partial charge in [0.05, 0.1) is 0 Å². The second-order valence-electron chi connectivity index (χ2n) is 1.15. The van der Waals surface area contributed by atoms with Crippen molar-refractivity contribution in [1.82, 2.24) is 0 Å². The van der Waals surface area contributed by atoms with Crippen LogP contribution in [0.25, 0.3) is 0 Å². The van der Waals surface area contributed by atoms with E-state index >= 15 is 0 Å². The molecule has 8 heavy (non-hydrogen) atoms. The summed E-state index contributed by atoms with van der Waals surface area (Å²) in [5.41, 5.74) is 4.86. The minimum absolute atomic E-state index is 0.211. The highest BCUT2D eigenvalue weighted by Crippen LogP contribution is 1.81. The molecule has 0 aromatic carbocycles. The molecular weight excluding hydrogens is 126 g/mol. The van der Waals surface area contributed by atoms with Gasteiger partial charge in [-0.05, 0) is 12.2 Å². The topological polar surface area (TPSA) is 52.3 Å². The predicted molar refractivity (Wildman–Crippen MR) is 33.2 cm³/mol. The molecule has 4 heteroatoms. The number of hydrogen-bond donors (Lipinski definition) is 1. The second kappa shape index (κ2) is 3.37. The van der Waals surface area contributed by atoms with Crippen molar-refractivity contribution in [2.24, 2.45) is 5.73 Å². The van der Waals surface area contributed by atoms with E-state index in [9.17, 15) is 4.79 Å². The SMILES string of the molecule is CCC(=O)OC(N)=S. The molecule has 0 aromatic rings. The second-order valence-corrected chi connectivity index (χ2v) is 1.55. The molecule has 0 aromatic heterocycles. The lowest BCUT2D eigenvalue weighted by Gasteiger charge is -1.94. The van der Waals surface area contributed by atoms with Crippen molar-refractivity contribution in [1.29, 1.82) is 0 Å². The number of thiocarbonyl (C=S) groups is 1. The monoisotopic (exact) mass is 133 g/mol. The maximum Gasteiger partial charge on any atom is 0.312 e. The van der Waals surface area contributed by atoms with Crippen molar-refractivity contribution in [3.63, 3.8) is 0 Å². The van der Waals surface area contributed by atoms with Crippen LogP contribution in [-0.2, 0) is 9.53 Å². The van der Waals surface area contributed by atoms with Crippen molar-refractivity contribution in [2.75, 3.05) is 0 Å². The highest BCUT2D eigenvalue weighted by atomic mass is 32.1. The average Bonchev–Trinajstić information content (AvgIpc) is 1.65. The summed E-state index contributed by atoms with van der Waals surface area (Å²) in [4.78, 5) is 10.2. The van der Waals surface area contributed by atoms with E-state index in [-0.39, 0.29) is 5.17 Å². The molecule has 0 spiro atoms. The number of hydrogen-bond acceptors (Lipinski definition) is 3. The fraction of sp³-hybridized carbons (Fsp3) is 0.500. The van der Waals surface area contributed by atoms with E-state index in [0.717, 1.165) is 0 Å². The highest BCUT2D eigenvalue weighted by molar-refractivity contribution is 7.80. The Balaban J connectivity index is 3.40. The van der Waals surface area contributed by atoms with Gasteiger partial charge in [-0.2, -0.15) is 0 Å². The maximum atomic E-state index is 10.2. The Bertz CT molecular complexity index is 113. The Morgan fingerprint density at radius 3 is 2.50 bits per heavy atom. The molecular formula is C4H7NO2S. The molecule has 0 saturated carbocycles. The van der Waals surface area contributed by atoms with Gasteiger partial charge in [0.25, 0.3) is 5.17 Å². The third-order valence-corrected chi connectivity index (χ3v) is 0.586. The Hall–Kier alpha value is -0.640. The van der Waals surface area contributed by atoms with Crippen molar-refractivity contribution >= 4 is 23.4 Å². The quantitative estimate of drug-likeness (QED) is 0.409. The summed E-state index contributed by atoms with van der Waals surface area (Å²) < 4.78 is 4.27. The number of esters is 1. The van der Waals surface area contributed by atoms with Crippen LogP contribution in [0.3, 0.4) is 0 Å². The Labute approximate surface area is 52.8 Å². The van der Waals surface area contributed by atoms with E-state index in [2.05, 4.69) is 17.0 Å². The smallest absolute Gasteiger partial charge is 0.312 e. The molecule has 0 aliphatic heterocycles. The van der Waals surface area contributed by atoms with Gasteiger partial charge in [0.2, 0.25) is 0 Å². The molecule has 0 unspecified atom stereocenters. The Morgan fingerprint density at radius 2 is 2.38 bits per heavy atom. The first kappa shape index (κ1) is 7.36. The minimum Gasteiger partial charge on any atom is -0.399 e. The molecule has 0 radical (unpaired) electrons. The molecule has 0 atom stereocenters. The molecule has 0 saturated heterocycles. The fourth-order valence-electron chi connectivity index (χ4n) is 0.184. The number of carbonyl (C=O) groups excluding carboxylic acids is 1. The van der Waals surface area contributed by atoms with Gasteiger partial charge in [-0.1, -0.05) is 6.92 Å². The van der Waals surface area contributed by atoms with E-state index < -0.39 is 5.97 Å². The van der Waals surface area contributed by atoms with E-state index in [1.54, 1.807) is 6.92 Å². The van der Waals surface area contributed by atoms with Gasteiger partial charge < -0.3 is 10.5 Å². The van der Waals surface area contributed by atoms with E-state index in [1.165, 1.54) is 0 Å². The molecule has 0 fully saturated rings. The molecule has 0 rings (SSSR count). The van der Waals surface area contributed by atoms with Crippen LogP contribution in [0.4, 0.5) is 0 Å². The summed E-state index contributed by atoms with van der Waals surface area (Å²) in [6, 6.07) is 0. The molecule has 0 heterocycles. The van der Waals surface area contributed by atoms with Crippen LogP contribution in [0.5, 0.6) is 0 Å². The molecule has 0 aliphatic rings. The van der Waals surface area contributed by atoms with E-state index in [0.29, 0.717) is 6.42 Å². The molecule has 2 N–H and O–H groups in total. The summed E-state index contributed by atoms with van der Waals surface area (Å²) in [6.45, 7) is 1.67. The first-order valence-electron chi connectivity index (χ1n) is 2.17. The summed E-state index contributed by atoms with van der Waals surface area (Å²) in [7, 11) is 0. The normalized spacial score (nSPS) is 8.12. The summed E-state index contributed by atoms with van der Waals surface area (Å²) in [5, 5.41) is -0.211. The maximum absolute atomic E-state index is 10.2. The number of rotatable bonds is 1. The van der Waals surface area contributed by atoms with Crippen LogP contribution in [0.1, 0.15) is 13.3 Å². The number of nitrogens with two attached hydrogens (primary N) is 1. The first-order valence-corrected chi connectivity index (χ1v) is 2.57. The molecule has 0 aliphatic carbocycles. The summed E-state index contributed by atoms with van der Waals surface area (Å²) >= 11 is 4.27. The van der Waals surface area contributed by atoms with Crippen molar-refractivity contribution in [3.8, 4) is 0 Å². The van der Waals surface area contributed by atoms with Crippen LogP contribution < -0.4 is 5.73 Å². The lowest BCUT2D eigenvalue weighted by atomic mass is 10.5. The first-order chi connectivity index (χ1) is 3.66. The van der Waals surface area contributed by atoms with Gasteiger partial charge in [-0.15, -0.1) is 0 Å². The zero-order valence-corrected chi connectivity index (χ0v) is 5.33. The summed E-state index contributed by atoms with van der Waals surface area (Å²) in [5.74, 6) is -0.391. The lowest BCUT2D eigenvalue weighted by molar-refractivity contribution is -0.135. The predicted octanol–water partition coefficient (Wildman–Crippen LogP) is 0.183. The zero-order valence-electron chi connectivity index (χ0n) is 4.51. The van der Waals surface area contributed by atoms with Crippen LogP contribution in [-0.4, -0.2) is 11.1 Å². The van der Waals surface area contributed by atoms with Gasteiger partial charge in [-0.3, -0.25) is 4.79 Å². The highest BCUT2D eigenvalue weighted by Gasteiger charge is 1.97. The van der Waals surface area contributed by atoms with Crippen LogP contribution >= 0.6 is 12.2 Å². The van der Waals surface area contributed by atoms with Crippen molar-refractivity contribution in [2.45, 2.75) is 13.3 Å². The number of carbonyl (C=O) groups is 1. The third kappa shape index (κ3) is 3.55. The molecule has 0 amide bonds. The van der Waals surface area contributed by atoms with Crippen molar-refractivity contribution in [3.05, 3.63) is 0 Å². The van der Waals surface area contributed by atoms with Gasteiger partial charge >= 0.3 is 5.97 Å². The van der Waals surface area contributed by atoms with E-state index in [1.807, 2.05) is 0 Å². The largest absolute Gasteiger partial charge is 0.399 e. The van der Waals surface area contributed by atoms with Crippen molar-refractivity contribution < 1.29 is 9.53 Å². The Morgan fingerprint density at radius 1 is 1.88 bits per heavy atom. The summed E-state index contributed by atoms with van der Waals surface area (Å²) in [6.07, 6.45) is 0.303. The molecule has 3 nitrogen and oxygen atoms in total. The standard InChI is InChI=1S/C4H7NO2S/c1-2-3(6)7-4(5)8/h2H2,1H3,(H2,5,8). The van der Waals surface area contributed by atoms with E-state index in [4.69, 9.17) is 5.73 Å². The van der Waals surface area contributed by atoms with Crippen LogP contribution in [0.2, 0.25) is 0 Å². The minimum atomic E-state index is -0.391. The van der Waals surface area contributed by atoms with Gasteiger partial charge in [0.15, 0.2) is 0 Å². The zero-order chi connectivity index (χ0) is 6.57. The average molecular weight is 133 g/mol. The van der Waals surface area contributed by atoms with Crippen LogP contribution in [0, 0.1) is 0 Å². The van der Waals surface area contributed by atoms with Gasteiger partial charge in [-0.25, -0.2) is 0 Å². The third-order valence-electron chi connectivity index (χ3n) is 0.503. The van der Waals surface area contributed by atoms with Gasteiger partial charge in [0, 0.05) is 6.42 Å². The molecule has 0 bridgehead atoms. The number of ether oxygens (including phenoxy) is 1. The van der Waals surface area contributed by atoms with Gasteiger partial charge in [0.1, 0.15) is 0 Å². The Kier molecular flexibility index (Phi) is 3.10.